The predicted octanol–water partition coefficient (Wildman–Crippen LogP) is 1.76. The Morgan fingerprint density at radius 1 is 1.08 bits per heavy atom. The number of pyridine rings is 1. The third kappa shape index (κ3) is 2.36. The van der Waals surface area contributed by atoms with Crippen molar-refractivity contribution in [3.05, 3.63) is 68.0 Å². The molecular weight excluding hydrogens is 328 g/mol. The van der Waals surface area contributed by atoms with E-state index < -0.39 is 0 Å². The van der Waals surface area contributed by atoms with Crippen molar-refractivity contribution in [3.63, 3.8) is 0 Å². The lowest BCUT2D eigenvalue weighted by molar-refractivity contribution is 0.700. The first-order valence-corrected chi connectivity index (χ1v) is 8.92. The summed E-state index contributed by atoms with van der Waals surface area (Å²) in [6, 6.07) is 8.43. The maximum atomic E-state index is 13.0. The Bertz CT molecular complexity index is 1130. The van der Waals surface area contributed by atoms with E-state index in [1.165, 1.54) is 27.3 Å². The van der Waals surface area contributed by atoms with Crippen LogP contribution in [0.15, 0.2) is 40.1 Å². The zero-order valence-electron chi connectivity index (χ0n) is 15.3. The van der Waals surface area contributed by atoms with Gasteiger partial charge in [-0.15, -0.1) is 0 Å². The van der Waals surface area contributed by atoms with Gasteiger partial charge in [0.15, 0.2) is 5.65 Å². The number of aromatic nitrogens is 3. The Kier molecular flexibility index (Phi) is 3.90. The smallest absolute Gasteiger partial charge is 0.332 e. The second-order valence-electron chi connectivity index (χ2n) is 6.83. The molecule has 0 radical (unpaired) electrons. The third-order valence-corrected chi connectivity index (χ3v) is 5.35. The van der Waals surface area contributed by atoms with Crippen LogP contribution >= 0.6 is 0 Å². The van der Waals surface area contributed by atoms with Crippen LogP contribution in [0.2, 0.25) is 0 Å². The summed E-state index contributed by atoms with van der Waals surface area (Å²) < 4.78 is 2.63. The van der Waals surface area contributed by atoms with E-state index in [0.717, 1.165) is 37.2 Å². The van der Waals surface area contributed by atoms with E-state index in [9.17, 15) is 9.59 Å². The van der Waals surface area contributed by atoms with Crippen molar-refractivity contribution in [1.82, 2.24) is 14.1 Å². The number of hydrogen-bond acceptors (Lipinski definition) is 4. The summed E-state index contributed by atoms with van der Waals surface area (Å²) in [5.41, 5.74) is 4.42. The fourth-order valence-electron chi connectivity index (χ4n) is 3.86. The molecule has 0 N–H and O–H groups in total. The number of hydrogen-bond donors (Lipinski definition) is 0. The molecule has 134 valence electrons. The highest BCUT2D eigenvalue weighted by Crippen LogP contribution is 2.31. The van der Waals surface area contributed by atoms with Gasteiger partial charge >= 0.3 is 5.69 Å². The largest absolute Gasteiger partial charge is 0.366 e. The highest BCUT2D eigenvalue weighted by molar-refractivity contribution is 5.91. The van der Waals surface area contributed by atoms with E-state index in [2.05, 4.69) is 41.1 Å². The molecule has 1 aromatic carbocycles. The first-order chi connectivity index (χ1) is 12.5. The van der Waals surface area contributed by atoms with Gasteiger partial charge in [0, 0.05) is 33.4 Å². The molecule has 6 heteroatoms. The SMILES string of the molecule is CCc1cnc2c(c1N1CCc3ccccc3C1)c(=O)n(C)c(=O)n2C. The molecule has 1 aliphatic rings. The van der Waals surface area contributed by atoms with Gasteiger partial charge in [0.05, 0.1) is 5.69 Å². The fraction of sp³-hybridized carbons (Fsp3) is 0.350. The zero-order chi connectivity index (χ0) is 18.4. The number of rotatable bonds is 2. The first-order valence-electron chi connectivity index (χ1n) is 8.92. The Labute approximate surface area is 151 Å². The van der Waals surface area contributed by atoms with Crippen LogP contribution in [-0.2, 0) is 33.5 Å². The number of benzene rings is 1. The molecule has 0 atom stereocenters. The topological polar surface area (TPSA) is 60.1 Å². The summed E-state index contributed by atoms with van der Waals surface area (Å²) in [6.45, 7) is 3.67. The van der Waals surface area contributed by atoms with Crippen LogP contribution in [-0.4, -0.2) is 20.7 Å². The van der Waals surface area contributed by atoms with Crippen molar-refractivity contribution in [3.8, 4) is 0 Å². The van der Waals surface area contributed by atoms with Crippen LogP contribution in [0.3, 0.4) is 0 Å². The van der Waals surface area contributed by atoms with Crippen LogP contribution in [0.5, 0.6) is 0 Å². The minimum absolute atomic E-state index is 0.278. The molecule has 0 saturated heterocycles. The molecule has 0 aliphatic carbocycles. The van der Waals surface area contributed by atoms with Crippen molar-refractivity contribution in [2.45, 2.75) is 26.3 Å². The third-order valence-electron chi connectivity index (χ3n) is 5.35. The summed E-state index contributed by atoms with van der Waals surface area (Å²) >= 11 is 0. The minimum Gasteiger partial charge on any atom is -0.366 e. The van der Waals surface area contributed by atoms with Gasteiger partial charge in [-0.1, -0.05) is 31.2 Å². The van der Waals surface area contributed by atoms with E-state index in [-0.39, 0.29) is 11.2 Å². The zero-order valence-corrected chi connectivity index (χ0v) is 15.3. The summed E-state index contributed by atoms with van der Waals surface area (Å²) in [6.07, 6.45) is 3.52. The molecule has 3 aromatic rings. The van der Waals surface area contributed by atoms with Gasteiger partial charge in [-0.2, -0.15) is 0 Å². The highest BCUT2D eigenvalue weighted by Gasteiger charge is 2.24. The van der Waals surface area contributed by atoms with Crippen molar-refractivity contribution >= 4 is 16.7 Å². The molecule has 0 unspecified atom stereocenters. The van der Waals surface area contributed by atoms with E-state index in [1.54, 1.807) is 13.2 Å². The average Bonchev–Trinajstić information content (AvgIpc) is 2.69. The van der Waals surface area contributed by atoms with E-state index >= 15 is 0 Å². The maximum Gasteiger partial charge on any atom is 0.332 e. The highest BCUT2D eigenvalue weighted by atomic mass is 16.2. The van der Waals surface area contributed by atoms with Gasteiger partial charge in [-0.05, 0) is 29.5 Å². The summed E-state index contributed by atoms with van der Waals surface area (Å²) in [7, 11) is 3.19. The molecule has 0 saturated carbocycles. The Hall–Kier alpha value is -2.89. The molecule has 0 spiro atoms. The average molecular weight is 350 g/mol. The van der Waals surface area contributed by atoms with Crippen molar-refractivity contribution in [1.29, 1.82) is 0 Å². The molecule has 4 rings (SSSR count). The molecule has 1 aliphatic heterocycles. The molecule has 0 fully saturated rings. The molecule has 0 bridgehead atoms. The monoisotopic (exact) mass is 350 g/mol. The van der Waals surface area contributed by atoms with E-state index in [0.29, 0.717) is 11.0 Å². The molecule has 0 amide bonds. The van der Waals surface area contributed by atoms with Crippen molar-refractivity contribution in [2.75, 3.05) is 11.4 Å². The van der Waals surface area contributed by atoms with E-state index in [4.69, 9.17) is 0 Å². The van der Waals surface area contributed by atoms with Crippen molar-refractivity contribution < 1.29 is 0 Å². The van der Waals surface area contributed by atoms with Crippen LogP contribution in [0.4, 0.5) is 5.69 Å². The lowest BCUT2D eigenvalue weighted by Gasteiger charge is -2.33. The van der Waals surface area contributed by atoms with Gasteiger partial charge < -0.3 is 4.90 Å². The van der Waals surface area contributed by atoms with Gasteiger partial charge in [-0.3, -0.25) is 13.9 Å². The van der Waals surface area contributed by atoms with E-state index in [1.807, 2.05) is 0 Å². The normalized spacial score (nSPS) is 13.9. The van der Waals surface area contributed by atoms with Gasteiger partial charge in [0.25, 0.3) is 5.56 Å². The van der Waals surface area contributed by atoms with Gasteiger partial charge in [0.2, 0.25) is 0 Å². The molecular formula is C20H22N4O2. The predicted molar refractivity (Wildman–Crippen MR) is 103 cm³/mol. The number of fused-ring (bicyclic) bond motifs is 2. The summed E-state index contributed by atoms with van der Waals surface area (Å²) in [4.78, 5) is 31.9. The van der Waals surface area contributed by atoms with Crippen molar-refractivity contribution in [2.24, 2.45) is 14.1 Å². The first kappa shape index (κ1) is 16.6. The number of aryl methyl sites for hydroxylation is 2. The van der Waals surface area contributed by atoms with Gasteiger partial charge in [-0.25, -0.2) is 9.78 Å². The quantitative estimate of drug-likeness (QED) is 0.707. The standard InChI is InChI=1S/C20H22N4O2/c1-4-13-11-21-18-16(19(25)23(3)20(26)22(18)2)17(13)24-10-9-14-7-5-6-8-15(14)12-24/h5-8,11H,4,9-10,12H2,1-3H3. The number of nitrogens with zero attached hydrogens (tertiary/aromatic N) is 4. The Morgan fingerprint density at radius 2 is 1.81 bits per heavy atom. The fourth-order valence-corrected chi connectivity index (χ4v) is 3.86. The lowest BCUT2D eigenvalue weighted by atomic mass is 9.98. The van der Waals surface area contributed by atoms with Crippen LogP contribution < -0.4 is 16.1 Å². The molecule has 3 heterocycles. The minimum atomic E-state index is -0.353. The summed E-state index contributed by atoms with van der Waals surface area (Å²) in [5, 5.41) is 0.535. The summed E-state index contributed by atoms with van der Waals surface area (Å²) in [5.74, 6) is 0. The second kappa shape index (κ2) is 6.12. The van der Waals surface area contributed by atoms with Crippen LogP contribution in [0.25, 0.3) is 11.0 Å². The Balaban J connectivity index is 2.00. The maximum absolute atomic E-state index is 13.0. The molecule has 6 nitrogen and oxygen atoms in total. The van der Waals surface area contributed by atoms with Crippen LogP contribution in [0.1, 0.15) is 23.6 Å². The lowest BCUT2D eigenvalue weighted by Crippen LogP contribution is -2.39. The Morgan fingerprint density at radius 3 is 2.54 bits per heavy atom. The van der Waals surface area contributed by atoms with Gasteiger partial charge in [0.1, 0.15) is 5.39 Å². The molecule has 26 heavy (non-hydrogen) atoms. The number of anilines is 1. The second-order valence-corrected chi connectivity index (χ2v) is 6.83. The van der Waals surface area contributed by atoms with Crippen LogP contribution in [0, 0.1) is 0 Å². The molecule has 2 aromatic heterocycles.